The Morgan fingerprint density at radius 1 is 1.25 bits per heavy atom. The van der Waals surface area contributed by atoms with E-state index in [2.05, 4.69) is 4.98 Å². The molecule has 1 N–H and O–H groups in total. The lowest BCUT2D eigenvalue weighted by atomic mass is 10.1. The van der Waals surface area contributed by atoms with Crippen molar-refractivity contribution in [2.24, 2.45) is 0 Å². The molecular formula is C18H20F2N2O2. The minimum absolute atomic E-state index is 0.258. The van der Waals surface area contributed by atoms with Crippen LogP contribution < -0.4 is 4.74 Å². The van der Waals surface area contributed by atoms with Crippen molar-refractivity contribution >= 4 is 0 Å². The number of benzene rings is 1. The van der Waals surface area contributed by atoms with E-state index in [1.165, 1.54) is 0 Å². The van der Waals surface area contributed by atoms with Gasteiger partial charge in [0.1, 0.15) is 12.4 Å². The van der Waals surface area contributed by atoms with Gasteiger partial charge in [-0.15, -0.1) is 0 Å². The SMILES string of the molecule is OCC1CC(F)(F)CN1Cc1cccc(OCc2ccccn2)c1. The van der Waals surface area contributed by atoms with Crippen molar-refractivity contribution in [1.29, 1.82) is 0 Å². The van der Waals surface area contributed by atoms with Crippen molar-refractivity contribution in [3.05, 3.63) is 59.9 Å². The van der Waals surface area contributed by atoms with Gasteiger partial charge in [0, 0.05) is 25.2 Å². The van der Waals surface area contributed by atoms with Gasteiger partial charge in [-0.3, -0.25) is 9.88 Å². The predicted octanol–water partition coefficient (Wildman–Crippen LogP) is 2.86. The molecule has 0 radical (unpaired) electrons. The third-order valence-corrected chi connectivity index (χ3v) is 4.09. The first-order valence-corrected chi connectivity index (χ1v) is 7.90. The number of aromatic nitrogens is 1. The number of rotatable bonds is 6. The molecule has 6 heteroatoms. The van der Waals surface area contributed by atoms with Crippen molar-refractivity contribution in [2.45, 2.75) is 31.5 Å². The average Bonchev–Trinajstić information content (AvgIpc) is 2.88. The second-order valence-electron chi connectivity index (χ2n) is 6.06. The summed E-state index contributed by atoms with van der Waals surface area (Å²) in [5.74, 6) is -2.06. The summed E-state index contributed by atoms with van der Waals surface area (Å²) in [4.78, 5) is 5.81. The van der Waals surface area contributed by atoms with Crippen LogP contribution in [0.3, 0.4) is 0 Å². The van der Waals surface area contributed by atoms with E-state index in [0.717, 1.165) is 11.3 Å². The number of alkyl halides is 2. The van der Waals surface area contributed by atoms with Crippen LogP contribution in [0.5, 0.6) is 5.75 Å². The van der Waals surface area contributed by atoms with Crippen molar-refractivity contribution in [3.8, 4) is 5.75 Å². The Morgan fingerprint density at radius 3 is 2.88 bits per heavy atom. The fourth-order valence-corrected chi connectivity index (χ4v) is 2.94. The zero-order chi connectivity index (χ0) is 17.0. The maximum atomic E-state index is 13.5. The Hall–Kier alpha value is -2.05. The summed E-state index contributed by atoms with van der Waals surface area (Å²) in [5, 5.41) is 9.30. The van der Waals surface area contributed by atoms with E-state index in [4.69, 9.17) is 4.74 Å². The fourth-order valence-electron chi connectivity index (χ4n) is 2.94. The zero-order valence-electron chi connectivity index (χ0n) is 13.2. The molecule has 0 amide bonds. The van der Waals surface area contributed by atoms with E-state index in [1.54, 1.807) is 11.1 Å². The number of aliphatic hydroxyl groups excluding tert-OH is 1. The summed E-state index contributed by atoms with van der Waals surface area (Å²) >= 11 is 0. The molecule has 1 fully saturated rings. The van der Waals surface area contributed by atoms with Crippen molar-refractivity contribution in [1.82, 2.24) is 9.88 Å². The van der Waals surface area contributed by atoms with Gasteiger partial charge in [0.2, 0.25) is 0 Å². The van der Waals surface area contributed by atoms with Crippen LogP contribution in [0.25, 0.3) is 0 Å². The quantitative estimate of drug-likeness (QED) is 0.882. The van der Waals surface area contributed by atoms with Gasteiger partial charge >= 0.3 is 0 Å². The molecule has 1 aliphatic heterocycles. The van der Waals surface area contributed by atoms with E-state index in [1.807, 2.05) is 42.5 Å². The van der Waals surface area contributed by atoms with E-state index in [9.17, 15) is 13.9 Å². The van der Waals surface area contributed by atoms with Crippen LogP contribution >= 0.6 is 0 Å². The maximum absolute atomic E-state index is 13.5. The third kappa shape index (κ3) is 4.27. The number of halogens is 2. The zero-order valence-corrected chi connectivity index (χ0v) is 13.2. The molecule has 1 aromatic heterocycles. The molecule has 0 aliphatic carbocycles. The lowest BCUT2D eigenvalue weighted by Crippen LogP contribution is -2.32. The molecule has 2 aromatic rings. The van der Waals surface area contributed by atoms with Gasteiger partial charge in [-0.1, -0.05) is 18.2 Å². The number of hydrogen-bond acceptors (Lipinski definition) is 4. The first kappa shape index (κ1) is 16.8. The topological polar surface area (TPSA) is 45.6 Å². The van der Waals surface area contributed by atoms with E-state index >= 15 is 0 Å². The summed E-state index contributed by atoms with van der Waals surface area (Å²) in [6, 6.07) is 12.5. The minimum atomic E-state index is -2.74. The second kappa shape index (κ2) is 7.23. The van der Waals surface area contributed by atoms with Crippen LogP contribution in [0.2, 0.25) is 0 Å². The number of ether oxygens (including phenoxy) is 1. The molecule has 0 saturated carbocycles. The van der Waals surface area contributed by atoms with Gasteiger partial charge in [-0.2, -0.15) is 0 Å². The molecule has 2 heterocycles. The highest BCUT2D eigenvalue weighted by molar-refractivity contribution is 5.29. The standard InChI is InChI=1S/C18H20F2N2O2/c19-18(20)9-16(11-23)22(13-18)10-14-4-3-6-17(8-14)24-12-15-5-1-2-7-21-15/h1-8,16,23H,9-13H2. The molecule has 128 valence electrons. The highest BCUT2D eigenvalue weighted by Crippen LogP contribution is 2.33. The number of likely N-dealkylation sites (tertiary alicyclic amines) is 1. The van der Waals surface area contributed by atoms with Crippen molar-refractivity contribution < 1.29 is 18.6 Å². The molecule has 0 spiro atoms. The van der Waals surface area contributed by atoms with Crippen LogP contribution in [0.15, 0.2) is 48.7 Å². The van der Waals surface area contributed by atoms with Crippen LogP contribution in [0.1, 0.15) is 17.7 Å². The maximum Gasteiger partial charge on any atom is 0.262 e. The van der Waals surface area contributed by atoms with E-state index in [0.29, 0.717) is 18.9 Å². The highest BCUT2D eigenvalue weighted by atomic mass is 19.3. The molecule has 0 bridgehead atoms. The van der Waals surface area contributed by atoms with Gasteiger partial charge in [0.05, 0.1) is 18.8 Å². The first-order valence-electron chi connectivity index (χ1n) is 7.90. The minimum Gasteiger partial charge on any atom is -0.487 e. The monoisotopic (exact) mass is 334 g/mol. The lowest BCUT2D eigenvalue weighted by molar-refractivity contribution is 0.0111. The number of pyridine rings is 1. The van der Waals surface area contributed by atoms with Crippen molar-refractivity contribution in [3.63, 3.8) is 0 Å². The van der Waals surface area contributed by atoms with Crippen LogP contribution in [0, 0.1) is 0 Å². The lowest BCUT2D eigenvalue weighted by Gasteiger charge is -2.22. The molecule has 3 rings (SSSR count). The van der Waals surface area contributed by atoms with Gasteiger partial charge in [-0.25, -0.2) is 8.78 Å². The molecule has 24 heavy (non-hydrogen) atoms. The number of aliphatic hydroxyl groups is 1. The Labute approximate surface area is 139 Å². The smallest absolute Gasteiger partial charge is 0.262 e. The summed E-state index contributed by atoms with van der Waals surface area (Å²) in [5.41, 5.74) is 1.70. The summed E-state index contributed by atoms with van der Waals surface area (Å²) in [6.07, 6.45) is 1.41. The largest absolute Gasteiger partial charge is 0.487 e. The average molecular weight is 334 g/mol. The van der Waals surface area contributed by atoms with Crippen LogP contribution in [0.4, 0.5) is 8.78 Å². The number of nitrogens with zero attached hydrogens (tertiary/aromatic N) is 2. The van der Waals surface area contributed by atoms with E-state index in [-0.39, 0.29) is 19.6 Å². The Balaban J connectivity index is 1.63. The van der Waals surface area contributed by atoms with Crippen LogP contribution in [-0.2, 0) is 13.2 Å². The summed E-state index contributed by atoms with van der Waals surface area (Å²) in [7, 11) is 0. The van der Waals surface area contributed by atoms with Crippen molar-refractivity contribution in [2.75, 3.05) is 13.2 Å². The second-order valence-corrected chi connectivity index (χ2v) is 6.06. The van der Waals surface area contributed by atoms with Gasteiger partial charge in [0.25, 0.3) is 5.92 Å². The fraction of sp³-hybridized carbons (Fsp3) is 0.389. The Kier molecular flexibility index (Phi) is 5.06. The first-order chi connectivity index (χ1) is 11.6. The molecular weight excluding hydrogens is 314 g/mol. The third-order valence-electron chi connectivity index (χ3n) is 4.09. The molecule has 1 aromatic carbocycles. The highest BCUT2D eigenvalue weighted by Gasteiger charge is 2.44. The Bertz CT molecular complexity index is 667. The molecule has 1 saturated heterocycles. The molecule has 1 unspecified atom stereocenters. The van der Waals surface area contributed by atoms with Gasteiger partial charge in [0.15, 0.2) is 0 Å². The number of hydrogen-bond donors (Lipinski definition) is 1. The summed E-state index contributed by atoms with van der Waals surface area (Å²) in [6.45, 7) is 0.135. The molecule has 1 aliphatic rings. The van der Waals surface area contributed by atoms with Gasteiger partial charge < -0.3 is 9.84 Å². The predicted molar refractivity (Wildman–Crippen MR) is 85.9 cm³/mol. The van der Waals surface area contributed by atoms with Crippen LogP contribution in [-0.4, -0.2) is 40.1 Å². The van der Waals surface area contributed by atoms with Gasteiger partial charge in [-0.05, 0) is 29.8 Å². The molecule has 4 nitrogen and oxygen atoms in total. The van der Waals surface area contributed by atoms with E-state index < -0.39 is 12.0 Å². The summed E-state index contributed by atoms with van der Waals surface area (Å²) < 4.78 is 32.8. The Morgan fingerprint density at radius 2 is 2.12 bits per heavy atom. The normalized spacial score (nSPS) is 20.2. The molecule has 1 atom stereocenters.